The summed E-state index contributed by atoms with van der Waals surface area (Å²) >= 11 is 0. The molecule has 5 heteroatoms. The van der Waals surface area contributed by atoms with Crippen LogP contribution in [0.15, 0.2) is 18.2 Å². The molecule has 0 radical (unpaired) electrons. The van der Waals surface area contributed by atoms with Crippen LogP contribution in [-0.2, 0) is 6.54 Å². The molecule has 4 N–H and O–H groups in total. The number of nitrogens with one attached hydrogen (secondary N) is 1. The van der Waals surface area contributed by atoms with Gasteiger partial charge in [0.2, 0.25) is 6.79 Å². The van der Waals surface area contributed by atoms with Crippen LogP contribution in [0.5, 0.6) is 11.5 Å². The molecule has 2 rings (SSSR count). The molecule has 1 heterocycles. The Morgan fingerprint density at radius 1 is 1.38 bits per heavy atom. The number of hydrogen-bond donors (Lipinski definition) is 3. The molecule has 16 heavy (non-hydrogen) atoms. The van der Waals surface area contributed by atoms with E-state index in [1.165, 1.54) is 0 Å². The SMILES string of the molecule is NCC(O)CNCc1ccc2c(c1)OCO2. The van der Waals surface area contributed by atoms with Crippen molar-refractivity contribution in [2.24, 2.45) is 5.73 Å². The Morgan fingerprint density at radius 2 is 2.19 bits per heavy atom. The van der Waals surface area contributed by atoms with Crippen LogP contribution in [0.25, 0.3) is 0 Å². The summed E-state index contributed by atoms with van der Waals surface area (Å²) in [5.41, 5.74) is 6.39. The summed E-state index contributed by atoms with van der Waals surface area (Å²) in [6.45, 7) is 1.73. The fourth-order valence-corrected chi connectivity index (χ4v) is 1.52. The monoisotopic (exact) mass is 224 g/mol. The van der Waals surface area contributed by atoms with Gasteiger partial charge >= 0.3 is 0 Å². The van der Waals surface area contributed by atoms with Crippen molar-refractivity contribution >= 4 is 0 Å². The highest BCUT2D eigenvalue weighted by Crippen LogP contribution is 2.32. The first kappa shape index (κ1) is 11.2. The summed E-state index contributed by atoms with van der Waals surface area (Å²) in [7, 11) is 0. The molecule has 1 aromatic carbocycles. The molecule has 1 aliphatic heterocycles. The lowest BCUT2D eigenvalue weighted by atomic mass is 10.2. The molecule has 88 valence electrons. The van der Waals surface area contributed by atoms with Crippen molar-refractivity contribution in [1.29, 1.82) is 0 Å². The van der Waals surface area contributed by atoms with Gasteiger partial charge in [0, 0.05) is 19.6 Å². The lowest BCUT2D eigenvalue weighted by Gasteiger charge is -2.09. The minimum absolute atomic E-state index is 0.272. The molecule has 0 saturated heterocycles. The molecule has 0 aliphatic carbocycles. The number of aliphatic hydroxyl groups excluding tert-OH is 1. The van der Waals surface area contributed by atoms with Gasteiger partial charge in [0.1, 0.15) is 0 Å². The number of fused-ring (bicyclic) bond motifs is 1. The largest absolute Gasteiger partial charge is 0.454 e. The van der Waals surface area contributed by atoms with Crippen molar-refractivity contribution in [3.05, 3.63) is 23.8 Å². The Balaban J connectivity index is 1.86. The molecule has 5 nitrogen and oxygen atoms in total. The fourth-order valence-electron chi connectivity index (χ4n) is 1.52. The van der Waals surface area contributed by atoms with Crippen LogP contribution in [0.3, 0.4) is 0 Å². The topological polar surface area (TPSA) is 76.7 Å². The zero-order valence-electron chi connectivity index (χ0n) is 8.98. The van der Waals surface area contributed by atoms with Crippen molar-refractivity contribution < 1.29 is 14.6 Å². The summed E-state index contributed by atoms with van der Waals surface area (Å²) < 4.78 is 10.5. The normalized spacial score (nSPS) is 15.1. The number of nitrogens with two attached hydrogens (primary N) is 1. The Labute approximate surface area is 94.2 Å². The van der Waals surface area contributed by atoms with Crippen molar-refractivity contribution in [3.63, 3.8) is 0 Å². The van der Waals surface area contributed by atoms with Crippen LogP contribution in [0.4, 0.5) is 0 Å². The van der Waals surface area contributed by atoms with Gasteiger partial charge in [-0.3, -0.25) is 0 Å². The Kier molecular flexibility index (Phi) is 3.61. The summed E-state index contributed by atoms with van der Waals surface area (Å²) in [6, 6.07) is 5.79. The van der Waals surface area contributed by atoms with Gasteiger partial charge < -0.3 is 25.6 Å². The number of hydrogen-bond acceptors (Lipinski definition) is 5. The van der Waals surface area contributed by atoms with Gasteiger partial charge in [-0.05, 0) is 17.7 Å². The van der Waals surface area contributed by atoms with Gasteiger partial charge in [-0.2, -0.15) is 0 Å². The Bertz CT molecular complexity index is 357. The van der Waals surface area contributed by atoms with Gasteiger partial charge in [-0.25, -0.2) is 0 Å². The molecule has 1 unspecified atom stereocenters. The first-order chi connectivity index (χ1) is 7.79. The molecule has 1 aromatic rings. The molecular formula is C11H16N2O3. The van der Waals surface area contributed by atoms with E-state index in [-0.39, 0.29) is 13.3 Å². The van der Waals surface area contributed by atoms with E-state index in [1.54, 1.807) is 0 Å². The summed E-state index contributed by atoms with van der Waals surface area (Å²) in [5, 5.41) is 12.4. The lowest BCUT2D eigenvalue weighted by Crippen LogP contribution is -2.32. The van der Waals surface area contributed by atoms with E-state index in [2.05, 4.69) is 5.32 Å². The fraction of sp³-hybridized carbons (Fsp3) is 0.455. The summed E-state index contributed by atoms with van der Waals surface area (Å²) in [4.78, 5) is 0. The quantitative estimate of drug-likeness (QED) is 0.647. The molecule has 0 fully saturated rings. The second-order valence-electron chi connectivity index (χ2n) is 3.71. The molecule has 0 amide bonds. The smallest absolute Gasteiger partial charge is 0.231 e. The maximum atomic E-state index is 9.26. The average molecular weight is 224 g/mol. The van der Waals surface area contributed by atoms with Crippen molar-refractivity contribution in [1.82, 2.24) is 5.32 Å². The highest BCUT2D eigenvalue weighted by Gasteiger charge is 2.12. The molecule has 1 atom stereocenters. The van der Waals surface area contributed by atoms with Crippen molar-refractivity contribution in [2.45, 2.75) is 12.6 Å². The average Bonchev–Trinajstić information content (AvgIpc) is 2.76. The van der Waals surface area contributed by atoms with E-state index in [4.69, 9.17) is 15.2 Å². The first-order valence-electron chi connectivity index (χ1n) is 5.27. The van der Waals surface area contributed by atoms with E-state index in [1.807, 2.05) is 18.2 Å². The molecule has 0 aromatic heterocycles. The van der Waals surface area contributed by atoms with E-state index in [0.29, 0.717) is 13.1 Å². The predicted molar refractivity (Wildman–Crippen MR) is 59.3 cm³/mol. The standard InChI is InChI=1S/C11H16N2O3/c12-4-9(14)6-13-5-8-1-2-10-11(3-8)16-7-15-10/h1-3,9,13-14H,4-7,12H2. The number of benzene rings is 1. The molecular weight excluding hydrogens is 208 g/mol. The van der Waals surface area contributed by atoms with Crippen molar-refractivity contribution in [2.75, 3.05) is 19.9 Å². The van der Waals surface area contributed by atoms with Gasteiger partial charge in [0.15, 0.2) is 11.5 Å². The van der Waals surface area contributed by atoms with Crippen LogP contribution >= 0.6 is 0 Å². The van der Waals surface area contributed by atoms with Gasteiger partial charge in [-0.15, -0.1) is 0 Å². The molecule has 0 bridgehead atoms. The van der Waals surface area contributed by atoms with Crippen molar-refractivity contribution in [3.8, 4) is 11.5 Å². The zero-order valence-corrected chi connectivity index (χ0v) is 8.98. The third-order valence-electron chi connectivity index (χ3n) is 2.42. The highest BCUT2D eigenvalue weighted by molar-refractivity contribution is 5.44. The number of aliphatic hydroxyl groups is 1. The van der Waals surface area contributed by atoms with Crippen LogP contribution in [0.2, 0.25) is 0 Å². The second kappa shape index (κ2) is 5.16. The molecule has 1 aliphatic rings. The highest BCUT2D eigenvalue weighted by atomic mass is 16.7. The predicted octanol–water partition coefficient (Wildman–Crippen LogP) is -0.175. The number of rotatable bonds is 5. The molecule has 0 saturated carbocycles. The second-order valence-corrected chi connectivity index (χ2v) is 3.71. The van der Waals surface area contributed by atoms with Crippen LogP contribution < -0.4 is 20.5 Å². The van der Waals surface area contributed by atoms with Gasteiger partial charge in [0.05, 0.1) is 6.10 Å². The van der Waals surface area contributed by atoms with Crippen LogP contribution in [0, 0.1) is 0 Å². The zero-order chi connectivity index (χ0) is 11.4. The first-order valence-corrected chi connectivity index (χ1v) is 5.27. The Morgan fingerprint density at radius 3 is 3.00 bits per heavy atom. The van der Waals surface area contributed by atoms with E-state index < -0.39 is 6.10 Å². The number of ether oxygens (including phenoxy) is 2. The summed E-state index contributed by atoms with van der Waals surface area (Å²) in [6.07, 6.45) is -0.492. The maximum Gasteiger partial charge on any atom is 0.231 e. The lowest BCUT2D eigenvalue weighted by molar-refractivity contribution is 0.174. The maximum absolute atomic E-state index is 9.26. The minimum atomic E-state index is -0.492. The van der Waals surface area contributed by atoms with E-state index in [0.717, 1.165) is 17.1 Å². The third-order valence-corrected chi connectivity index (χ3v) is 2.42. The van der Waals surface area contributed by atoms with Crippen LogP contribution in [0.1, 0.15) is 5.56 Å². The third kappa shape index (κ3) is 2.63. The van der Waals surface area contributed by atoms with Gasteiger partial charge in [-0.1, -0.05) is 6.07 Å². The van der Waals surface area contributed by atoms with E-state index >= 15 is 0 Å². The van der Waals surface area contributed by atoms with E-state index in [9.17, 15) is 5.11 Å². The Hall–Kier alpha value is -1.30. The minimum Gasteiger partial charge on any atom is -0.454 e. The summed E-state index contributed by atoms with van der Waals surface area (Å²) in [5.74, 6) is 1.56. The molecule has 0 spiro atoms. The van der Waals surface area contributed by atoms with Crippen LogP contribution in [-0.4, -0.2) is 31.1 Å². The van der Waals surface area contributed by atoms with Gasteiger partial charge in [0.25, 0.3) is 0 Å².